The highest BCUT2D eigenvalue weighted by Gasteiger charge is 2.34. The van der Waals surface area contributed by atoms with Gasteiger partial charge in [0.15, 0.2) is 0 Å². The van der Waals surface area contributed by atoms with Gasteiger partial charge in [-0.3, -0.25) is 0 Å². The maximum atomic E-state index is 11.8. The third kappa shape index (κ3) is 2.70. The van der Waals surface area contributed by atoms with Crippen LogP contribution in [0.25, 0.3) is 0 Å². The van der Waals surface area contributed by atoms with E-state index in [2.05, 4.69) is 10.2 Å². The molecule has 0 spiro atoms. The second-order valence-corrected chi connectivity index (χ2v) is 6.13. The van der Waals surface area contributed by atoms with Crippen LogP contribution in [0.2, 0.25) is 0 Å². The number of ether oxygens (including phenoxy) is 1. The van der Waals surface area contributed by atoms with E-state index < -0.39 is 0 Å². The minimum absolute atomic E-state index is 0.381. The number of nitrogen functional groups attached to an aromatic ring is 1. The van der Waals surface area contributed by atoms with E-state index in [1.807, 2.05) is 19.1 Å². The van der Waals surface area contributed by atoms with E-state index in [0.29, 0.717) is 17.3 Å². The van der Waals surface area contributed by atoms with Gasteiger partial charge in [-0.1, -0.05) is 0 Å². The minimum Gasteiger partial charge on any atom is -0.465 e. The number of hydrogen-bond donors (Lipinski definition) is 2. The van der Waals surface area contributed by atoms with Gasteiger partial charge >= 0.3 is 5.97 Å². The Balaban J connectivity index is 1.82. The average molecular weight is 289 g/mol. The second-order valence-electron chi connectivity index (χ2n) is 6.13. The summed E-state index contributed by atoms with van der Waals surface area (Å²) in [5.41, 5.74) is 8.80. The quantitative estimate of drug-likeness (QED) is 0.657. The Morgan fingerprint density at radius 2 is 2.10 bits per heavy atom. The van der Waals surface area contributed by atoms with E-state index in [1.165, 1.54) is 33.0 Å². The first-order chi connectivity index (χ1) is 10.1. The molecule has 3 saturated heterocycles. The highest BCUT2D eigenvalue weighted by Crippen LogP contribution is 2.31. The van der Waals surface area contributed by atoms with Crippen molar-refractivity contribution in [2.24, 2.45) is 5.92 Å². The zero-order valence-electron chi connectivity index (χ0n) is 12.7. The molecule has 21 heavy (non-hydrogen) atoms. The van der Waals surface area contributed by atoms with E-state index in [0.717, 1.165) is 23.7 Å². The van der Waals surface area contributed by atoms with Crippen LogP contribution in [0.5, 0.6) is 0 Å². The lowest BCUT2D eigenvalue weighted by molar-refractivity contribution is 0.0602. The minimum atomic E-state index is -0.381. The standard InChI is InChI=1S/C16H23N3O2/c1-10-7-12(8-13(15(10)17)16(20)21-2)18-14-9-19-5-3-11(14)4-6-19/h7-8,11,14,18H,3-6,9,17H2,1-2H3. The maximum absolute atomic E-state index is 11.8. The molecule has 3 aliphatic rings. The number of anilines is 2. The number of hydrogen-bond acceptors (Lipinski definition) is 5. The number of esters is 1. The number of carbonyl (C=O) groups is 1. The molecule has 3 fully saturated rings. The van der Waals surface area contributed by atoms with Gasteiger partial charge in [0.25, 0.3) is 0 Å². The Hall–Kier alpha value is -1.75. The van der Waals surface area contributed by atoms with Crippen LogP contribution in [0.15, 0.2) is 12.1 Å². The predicted octanol–water partition coefficient (Wildman–Crippen LogP) is 1.87. The Morgan fingerprint density at radius 1 is 1.38 bits per heavy atom. The number of piperidine rings is 3. The molecular weight excluding hydrogens is 266 g/mol. The summed E-state index contributed by atoms with van der Waals surface area (Å²) in [4.78, 5) is 14.3. The molecule has 114 valence electrons. The fourth-order valence-corrected chi connectivity index (χ4v) is 3.50. The number of nitrogens with zero attached hydrogens (tertiary/aromatic N) is 1. The molecule has 0 saturated carbocycles. The summed E-state index contributed by atoms with van der Waals surface area (Å²) >= 11 is 0. The molecule has 5 nitrogen and oxygen atoms in total. The lowest BCUT2D eigenvalue weighted by Gasteiger charge is -2.45. The summed E-state index contributed by atoms with van der Waals surface area (Å²) in [5, 5.41) is 3.59. The molecule has 0 radical (unpaired) electrons. The molecule has 0 aliphatic carbocycles. The normalized spacial score (nSPS) is 27.4. The van der Waals surface area contributed by atoms with Gasteiger partial charge in [0, 0.05) is 24.0 Å². The van der Waals surface area contributed by atoms with Gasteiger partial charge in [0.05, 0.1) is 12.7 Å². The van der Waals surface area contributed by atoms with Crippen LogP contribution in [0.3, 0.4) is 0 Å². The fourth-order valence-electron chi connectivity index (χ4n) is 3.50. The monoisotopic (exact) mass is 289 g/mol. The first kappa shape index (κ1) is 14.2. The van der Waals surface area contributed by atoms with Gasteiger partial charge < -0.3 is 20.7 Å². The van der Waals surface area contributed by atoms with Crippen LogP contribution in [0.1, 0.15) is 28.8 Å². The smallest absolute Gasteiger partial charge is 0.340 e. The van der Waals surface area contributed by atoms with Crippen molar-refractivity contribution in [3.63, 3.8) is 0 Å². The van der Waals surface area contributed by atoms with Crippen molar-refractivity contribution in [2.45, 2.75) is 25.8 Å². The zero-order chi connectivity index (χ0) is 15.0. The molecule has 2 bridgehead atoms. The lowest BCUT2D eigenvalue weighted by atomic mass is 9.84. The lowest BCUT2D eigenvalue weighted by Crippen LogP contribution is -2.53. The zero-order valence-corrected chi connectivity index (χ0v) is 12.7. The second kappa shape index (κ2) is 5.56. The van der Waals surface area contributed by atoms with Crippen molar-refractivity contribution in [2.75, 3.05) is 37.8 Å². The molecular formula is C16H23N3O2. The van der Waals surface area contributed by atoms with Crippen molar-refractivity contribution in [1.29, 1.82) is 0 Å². The molecule has 3 N–H and O–H groups in total. The Morgan fingerprint density at radius 3 is 2.67 bits per heavy atom. The first-order valence-corrected chi connectivity index (χ1v) is 7.56. The van der Waals surface area contributed by atoms with Gasteiger partial charge in [0.2, 0.25) is 0 Å². The van der Waals surface area contributed by atoms with Crippen LogP contribution in [0, 0.1) is 12.8 Å². The predicted molar refractivity (Wildman–Crippen MR) is 83.5 cm³/mol. The number of methoxy groups -OCH3 is 1. The van der Waals surface area contributed by atoms with Crippen LogP contribution in [-0.4, -0.2) is 43.7 Å². The van der Waals surface area contributed by atoms with Crippen molar-refractivity contribution in [3.8, 4) is 0 Å². The molecule has 1 aromatic carbocycles. The first-order valence-electron chi connectivity index (χ1n) is 7.56. The molecule has 1 aromatic rings. The Labute approximate surface area is 125 Å². The summed E-state index contributed by atoms with van der Waals surface area (Å²) in [7, 11) is 1.38. The topological polar surface area (TPSA) is 67.6 Å². The summed E-state index contributed by atoms with van der Waals surface area (Å²) < 4.78 is 4.81. The SMILES string of the molecule is COC(=O)c1cc(NC2CN3CCC2CC3)cc(C)c1N. The Bertz CT molecular complexity index is 551. The third-order valence-electron chi connectivity index (χ3n) is 4.80. The van der Waals surface area contributed by atoms with Crippen LogP contribution >= 0.6 is 0 Å². The van der Waals surface area contributed by atoms with E-state index in [1.54, 1.807) is 0 Å². The number of aryl methyl sites for hydroxylation is 1. The van der Waals surface area contributed by atoms with Crippen molar-refractivity contribution in [3.05, 3.63) is 23.3 Å². The van der Waals surface area contributed by atoms with E-state index in [4.69, 9.17) is 10.5 Å². The van der Waals surface area contributed by atoms with Crippen LogP contribution in [-0.2, 0) is 4.74 Å². The van der Waals surface area contributed by atoms with Crippen LogP contribution < -0.4 is 11.1 Å². The number of carbonyl (C=O) groups excluding carboxylic acids is 1. The maximum Gasteiger partial charge on any atom is 0.340 e. The highest BCUT2D eigenvalue weighted by atomic mass is 16.5. The fraction of sp³-hybridized carbons (Fsp3) is 0.562. The molecule has 4 rings (SSSR count). The van der Waals surface area contributed by atoms with Crippen molar-refractivity contribution >= 4 is 17.3 Å². The van der Waals surface area contributed by atoms with E-state index >= 15 is 0 Å². The number of fused-ring (bicyclic) bond motifs is 3. The van der Waals surface area contributed by atoms with Gasteiger partial charge in [-0.15, -0.1) is 0 Å². The molecule has 5 heteroatoms. The number of nitrogens with one attached hydrogen (secondary N) is 1. The molecule has 1 atom stereocenters. The average Bonchev–Trinajstić information content (AvgIpc) is 2.51. The summed E-state index contributed by atoms with van der Waals surface area (Å²) in [6.07, 6.45) is 2.52. The number of benzene rings is 1. The molecule has 0 amide bonds. The summed E-state index contributed by atoms with van der Waals surface area (Å²) in [5.74, 6) is 0.350. The Kier molecular flexibility index (Phi) is 3.76. The molecule has 0 aromatic heterocycles. The summed E-state index contributed by atoms with van der Waals surface area (Å²) in [6.45, 7) is 5.44. The van der Waals surface area contributed by atoms with Crippen molar-refractivity contribution in [1.82, 2.24) is 4.90 Å². The van der Waals surface area contributed by atoms with E-state index in [9.17, 15) is 4.79 Å². The van der Waals surface area contributed by atoms with Crippen molar-refractivity contribution < 1.29 is 9.53 Å². The van der Waals surface area contributed by atoms with E-state index in [-0.39, 0.29) is 5.97 Å². The largest absolute Gasteiger partial charge is 0.465 e. The number of rotatable bonds is 3. The van der Waals surface area contributed by atoms with Crippen LogP contribution in [0.4, 0.5) is 11.4 Å². The van der Waals surface area contributed by atoms with Gasteiger partial charge in [-0.2, -0.15) is 0 Å². The van der Waals surface area contributed by atoms with Gasteiger partial charge in [-0.25, -0.2) is 4.79 Å². The number of nitrogens with two attached hydrogens (primary N) is 1. The van der Waals surface area contributed by atoms with Gasteiger partial charge in [-0.05, 0) is 56.5 Å². The molecule has 3 heterocycles. The van der Waals surface area contributed by atoms with Gasteiger partial charge in [0.1, 0.15) is 0 Å². The highest BCUT2D eigenvalue weighted by molar-refractivity contribution is 5.97. The summed E-state index contributed by atoms with van der Waals surface area (Å²) in [6, 6.07) is 4.28. The molecule has 1 unspecified atom stereocenters. The molecule has 3 aliphatic heterocycles. The third-order valence-corrected chi connectivity index (χ3v) is 4.80.